The van der Waals surface area contributed by atoms with Gasteiger partial charge in [-0.15, -0.1) is 0 Å². The number of methoxy groups -OCH3 is 1. The maximum absolute atomic E-state index is 12.5. The Kier molecular flexibility index (Phi) is 6.50. The Labute approximate surface area is 154 Å². The van der Waals surface area contributed by atoms with Crippen molar-refractivity contribution in [2.45, 2.75) is 19.4 Å². The number of carbonyl (C=O) groups excluding carboxylic acids is 1. The number of nitrogens with one attached hydrogen (secondary N) is 1. The molecule has 138 valence electrons. The van der Waals surface area contributed by atoms with Crippen molar-refractivity contribution in [1.82, 2.24) is 4.90 Å². The van der Waals surface area contributed by atoms with Gasteiger partial charge >= 0.3 is 6.03 Å². The predicted molar refractivity (Wildman–Crippen MR) is 102 cm³/mol. The lowest BCUT2D eigenvalue weighted by atomic mass is 9.99. The summed E-state index contributed by atoms with van der Waals surface area (Å²) in [6.45, 7) is 2.82. The molecule has 2 amide bonds. The van der Waals surface area contributed by atoms with Gasteiger partial charge in [0.05, 0.1) is 20.3 Å². The van der Waals surface area contributed by atoms with Crippen LogP contribution in [0.4, 0.5) is 10.5 Å². The molecule has 1 aliphatic heterocycles. The van der Waals surface area contributed by atoms with Crippen LogP contribution >= 0.6 is 0 Å². The molecule has 3 rings (SSSR count). The Morgan fingerprint density at radius 2 is 1.92 bits per heavy atom. The average molecular weight is 354 g/mol. The molecule has 1 aliphatic rings. The molecule has 1 unspecified atom stereocenters. The fourth-order valence-corrected chi connectivity index (χ4v) is 3.18. The van der Waals surface area contributed by atoms with Gasteiger partial charge in [-0.05, 0) is 42.7 Å². The number of urea groups is 1. The third kappa shape index (κ3) is 5.23. The monoisotopic (exact) mass is 354 g/mol. The molecule has 5 nitrogen and oxygen atoms in total. The molecule has 0 radical (unpaired) electrons. The lowest BCUT2D eigenvalue weighted by Crippen LogP contribution is -2.43. The highest BCUT2D eigenvalue weighted by atomic mass is 16.5. The summed E-state index contributed by atoms with van der Waals surface area (Å²) in [7, 11) is 1.63. The summed E-state index contributed by atoms with van der Waals surface area (Å²) >= 11 is 0. The molecule has 1 N–H and O–H groups in total. The molecule has 0 aliphatic carbocycles. The lowest BCUT2D eigenvalue weighted by Gasteiger charge is -2.32. The number of piperidine rings is 1. The van der Waals surface area contributed by atoms with Gasteiger partial charge < -0.3 is 19.7 Å². The third-order valence-electron chi connectivity index (χ3n) is 4.61. The van der Waals surface area contributed by atoms with Gasteiger partial charge in [-0.2, -0.15) is 0 Å². The zero-order valence-electron chi connectivity index (χ0n) is 15.2. The van der Waals surface area contributed by atoms with Crippen LogP contribution in [-0.2, 0) is 11.3 Å². The van der Waals surface area contributed by atoms with Crippen LogP contribution in [0.1, 0.15) is 18.4 Å². The largest absolute Gasteiger partial charge is 0.497 e. The van der Waals surface area contributed by atoms with Gasteiger partial charge in [-0.25, -0.2) is 4.79 Å². The summed E-state index contributed by atoms with van der Waals surface area (Å²) in [5, 5.41) is 2.96. The molecule has 0 saturated carbocycles. The normalized spacial score (nSPS) is 17.0. The van der Waals surface area contributed by atoms with Crippen molar-refractivity contribution in [3.05, 3.63) is 60.2 Å². The Morgan fingerprint density at radius 3 is 2.65 bits per heavy atom. The Hall–Kier alpha value is -2.53. The fourth-order valence-electron chi connectivity index (χ4n) is 3.18. The summed E-state index contributed by atoms with van der Waals surface area (Å²) in [6.07, 6.45) is 2.11. The van der Waals surface area contributed by atoms with E-state index in [0.29, 0.717) is 19.1 Å². The minimum Gasteiger partial charge on any atom is -0.497 e. The molecule has 1 heterocycles. The van der Waals surface area contributed by atoms with Gasteiger partial charge in [0.1, 0.15) is 5.75 Å². The molecule has 1 saturated heterocycles. The number of anilines is 1. The van der Waals surface area contributed by atoms with Crippen LogP contribution in [0.3, 0.4) is 0 Å². The average Bonchev–Trinajstić information content (AvgIpc) is 2.69. The van der Waals surface area contributed by atoms with Gasteiger partial charge in [-0.3, -0.25) is 0 Å². The quantitative estimate of drug-likeness (QED) is 0.847. The summed E-state index contributed by atoms with van der Waals surface area (Å²) in [4.78, 5) is 14.4. The first kappa shape index (κ1) is 18.3. The van der Waals surface area contributed by atoms with Crippen molar-refractivity contribution in [3.63, 3.8) is 0 Å². The first-order chi connectivity index (χ1) is 12.7. The van der Waals surface area contributed by atoms with Crippen LogP contribution in [0.25, 0.3) is 0 Å². The van der Waals surface area contributed by atoms with E-state index < -0.39 is 0 Å². The number of nitrogens with zero attached hydrogens (tertiary/aromatic N) is 1. The summed E-state index contributed by atoms with van der Waals surface area (Å²) in [5.41, 5.74) is 1.95. The predicted octanol–water partition coefficient (Wildman–Crippen LogP) is 4.16. The second-order valence-corrected chi connectivity index (χ2v) is 6.61. The van der Waals surface area contributed by atoms with Crippen LogP contribution < -0.4 is 10.1 Å². The number of carbonyl (C=O) groups is 1. The molecule has 0 bridgehead atoms. The Balaban J connectivity index is 1.45. The maximum atomic E-state index is 12.5. The van der Waals surface area contributed by atoms with Crippen LogP contribution in [0.2, 0.25) is 0 Å². The van der Waals surface area contributed by atoms with Crippen LogP contribution in [-0.4, -0.2) is 37.7 Å². The minimum absolute atomic E-state index is 0.0528. The summed E-state index contributed by atoms with van der Waals surface area (Å²) < 4.78 is 11.0. The summed E-state index contributed by atoms with van der Waals surface area (Å²) in [5.74, 6) is 1.16. The third-order valence-corrected chi connectivity index (χ3v) is 4.61. The topological polar surface area (TPSA) is 50.8 Å². The van der Waals surface area contributed by atoms with Gasteiger partial charge in [0, 0.05) is 24.7 Å². The molecular weight excluding hydrogens is 328 g/mol. The molecule has 2 aromatic rings. The number of rotatable bonds is 6. The van der Waals surface area contributed by atoms with Crippen LogP contribution in [0.5, 0.6) is 5.75 Å². The van der Waals surface area contributed by atoms with Crippen LogP contribution in [0, 0.1) is 5.92 Å². The molecule has 5 heteroatoms. The van der Waals surface area contributed by atoms with Crippen molar-refractivity contribution < 1.29 is 14.3 Å². The fraction of sp³-hybridized carbons (Fsp3) is 0.381. The van der Waals surface area contributed by atoms with E-state index in [0.717, 1.165) is 37.4 Å². The maximum Gasteiger partial charge on any atom is 0.321 e. The minimum atomic E-state index is -0.0528. The highest BCUT2D eigenvalue weighted by Crippen LogP contribution is 2.20. The highest BCUT2D eigenvalue weighted by molar-refractivity contribution is 5.89. The van der Waals surface area contributed by atoms with E-state index in [1.807, 2.05) is 47.4 Å². The van der Waals surface area contributed by atoms with E-state index in [9.17, 15) is 4.79 Å². The van der Waals surface area contributed by atoms with Crippen LogP contribution in [0.15, 0.2) is 54.6 Å². The standard InChI is InChI=1S/C21H26N2O3/c1-25-20-11-9-19(10-12-20)22-21(24)23-13-5-8-18(14-23)16-26-15-17-6-3-2-4-7-17/h2-4,6-7,9-12,18H,5,8,13-16H2,1H3,(H,22,24). The molecule has 0 aromatic heterocycles. The zero-order valence-corrected chi connectivity index (χ0v) is 15.2. The second-order valence-electron chi connectivity index (χ2n) is 6.61. The zero-order chi connectivity index (χ0) is 18.2. The van der Waals surface area contributed by atoms with Crippen molar-refractivity contribution >= 4 is 11.7 Å². The van der Waals surface area contributed by atoms with Gasteiger partial charge in [0.2, 0.25) is 0 Å². The van der Waals surface area contributed by atoms with Gasteiger partial charge in [0.25, 0.3) is 0 Å². The Bertz CT molecular complexity index is 688. The van der Waals surface area contributed by atoms with E-state index in [1.165, 1.54) is 5.56 Å². The number of hydrogen-bond acceptors (Lipinski definition) is 3. The molecule has 26 heavy (non-hydrogen) atoms. The van der Waals surface area contributed by atoms with Crippen molar-refractivity contribution in [3.8, 4) is 5.75 Å². The lowest BCUT2D eigenvalue weighted by molar-refractivity contribution is 0.0606. The second kappa shape index (κ2) is 9.25. The van der Waals surface area contributed by atoms with E-state index in [2.05, 4.69) is 17.4 Å². The SMILES string of the molecule is COc1ccc(NC(=O)N2CCCC(COCc3ccccc3)C2)cc1. The number of amides is 2. The van der Waals surface area contributed by atoms with Crippen molar-refractivity contribution in [1.29, 1.82) is 0 Å². The number of hydrogen-bond donors (Lipinski definition) is 1. The highest BCUT2D eigenvalue weighted by Gasteiger charge is 2.23. The van der Waals surface area contributed by atoms with Gasteiger partial charge in [-0.1, -0.05) is 30.3 Å². The first-order valence-corrected chi connectivity index (χ1v) is 9.06. The van der Waals surface area contributed by atoms with E-state index in [1.54, 1.807) is 7.11 Å². The number of ether oxygens (including phenoxy) is 2. The Morgan fingerprint density at radius 1 is 1.15 bits per heavy atom. The summed E-state index contributed by atoms with van der Waals surface area (Å²) in [6, 6.07) is 17.5. The molecular formula is C21H26N2O3. The smallest absolute Gasteiger partial charge is 0.321 e. The number of benzene rings is 2. The molecule has 0 spiro atoms. The number of likely N-dealkylation sites (tertiary alicyclic amines) is 1. The van der Waals surface area contributed by atoms with E-state index >= 15 is 0 Å². The molecule has 1 atom stereocenters. The first-order valence-electron chi connectivity index (χ1n) is 9.06. The van der Waals surface area contributed by atoms with Crippen molar-refractivity contribution in [2.75, 3.05) is 32.1 Å². The van der Waals surface area contributed by atoms with Crippen molar-refractivity contribution in [2.24, 2.45) is 5.92 Å². The molecule has 2 aromatic carbocycles. The van der Waals surface area contributed by atoms with E-state index in [4.69, 9.17) is 9.47 Å². The molecule has 1 fully saturated rings. The van der Waals surface area contributed by atoms with E-state index in [-0.39, 0.29) is 6.03 Å². The van der Waals surface area contributed by atoms with Gasteiger partial charge in [0.15, 0.2) is 0 Å².